The summed E-state index contributed by atoms with van der Waals surface area (Å²) in [4.78, 5) is 22.4. The number of rotatable bonds is 5. The molecule has 0 aromatic heterocycles. The van der Waals surface area contributed by atoms with Crippen LogP contribution in [0.25, 0.3) is 0 Å². The molecular formula is C11H13NO4. The summed E-state index contributed by atoms with van der Waals surface area (Å²) in [5.41, 5.74) is 0.421. The van der Waals surface area contributed by atoms with Gasteiger partial charge in [-0.05, 0) is 12.1 Å². The maximum Gasteiger partial charge on any atom is 0.328 e. The average Bonchev–Trinajstić information content (AvgIpc) is 2.29. The van der Waals surface area contributed by atoms with E-state index in [0.29, 0.717) is 5.56 Å². The lowest BCUT2D eigenvalue weighted by Gasteiger charge is -2.13. The van der Waals surface area contributed by atoms with Crippen LogP contribution >= 0.6 is 0 Å². The van der Waals surface area contributed by atoms with E-state index < -0.39 is 17.9 Å². The van der Waals surface area contributed by atoms with E-state index in [9.17, 15) is 9.59 Å². The van der Waals surface area contributed by atoms with Crippen molar-refractivity contribution in [3.8, 4) is 0 Å². The maximum atomic E-state index is 11.6. The number of methoxy groups -OCH3 is 1. The van der Waals surface area contributed by atoms with Crippen LogP contribution in [0.15, 0.2) is 30.3 Å². The Hall–Kier alpha value is -1.88. The number of amides is 1. The van der Waals surface area contributed by atoms with Crippen LogP contribution in [0.4, 0.5) is 0 Å². The average molecular weight is 223 g/mol. The largest absolute Gasteiger partial charge is 0.480 e. The van der Waals surface area contributed by atoms with Gasteiger partial charge in [0, 0.05) is 12.7 Å². The maximum absolute atomic E-state index is 11.6. The first-order valence-electron chi connectivity index (χ1n) is 4.73. The van der Waals surface area contributed by atoms with E-state index in [4.69, 9.17) is 9.84 Å². The lowest BCUT2D eigenvalue weighted by Crippen LogP contribution is -2.43. The van der Waals surface area contributed by atoms with Crippen molar-refractivity contribution in [3.63, 3.8) is 0 Å². The lowest BCUT2D eigenvalue weighted by atomic mass is 10.2. The van der Waals surface area contributed by atoms with Crippen molar-refractivity contribution in [2.45, 2.75) is 6.04 Å². The van der Waals surface area contributed by atoms with Gasteiger partial charge in [-0.3, -0.25) is 4.79 Å². The molecule has 2 N–H and O–H groups in total. The molecule has 0 unspecified atom stereocenters. The van der Waals surface area contributed by atoms with Crippen LogP contribution < -0.4 is 5.32 Å². The Balaban J connectivity index is 2.65. The van der Waals surface area contributed by atoms with Crippen molar-refractivity contribution < 1.29 is 19.4 Å². The third-order valence-electron chi connectivity index (χ3n) is 1.97. The van der Waals surface area contributed by atoms with E-state index in [2.05, 4.69) is 5.32 Å². The zero-order valence-corrected chi connectivity index (χ0v) is 8.84. The summed E-state index contributed by atoms with van der Waals surface area (Å²) in [5, 5.41) is 11.2. The van der Waals surface area contributed by atoms with E-state index in [1.807, 2.05) is 0 Å². The Bertz CT molecular complexity index is 364. The number of carbonyl (C=O) groups is 2. The van der Waals surface area contributed by atoms with Gasteiger partial charge >= 0.3 is 5.97 Å². The Labute approximate surface area is 93.0 Å². The van der Waals surface area contributed by atoms with Crippen LogP contribution in [0.5, 0.6) is 0 Å². The van der Waals surface area contributed by atoms with E-state index in [-0.39, 0.29) is 6.61 Å². The van der Waals surface area contributed by atoms with Crippen molar-refractivity contribution in [1.82, 2.24) is 5.32 Å². The fourth-order valence-corrected chi connectivity index (χ4v) is 1.17. The highest BCUT2D eigenvalue weighted by Gasteiger charge is 2.19. The predicted molar refractivity (Wildman–Crippen MR) is 57.2 cm³/mol. The van der Waals surface area contributed by atoms with E-state index in [0.717, 1.165) is 0 Å². The summed E-state index contributed by atoms with van der Waals surface area (Å²) in [6, 6.07) is 7.39. The third-order valence-corrected chi connectivity index (χ3v) is 1.97. The zero-order valence-electron chi connectivity index (χ0n) is 8.84. The van der Waals surface area contributed by atoms with Crippen molar-refractivity contribution in [3.05, 3.63) is 35.9 Å². The molecule has 0 fully saturated rings. The van der Waals surface area contributed by atoms with Crippen LogP contribution in [0.3, 0.4) is 0 Å². The first-order valence-corrected chi connectivity index (χ1v) is 4.73. The predicted octanol–water partition coefficient (Wildman–Crippen LogP) is 0.516. The normalized spacial score (nSPS) is 11.8. The highest BCUT2D eigenvalue weighted by molar-refractivity contribution is 5.96. The van der Waals surface area contributed by atoms with Crippen LogP contribution in [-0.2, 0) is 9.53 Å². The zero-order chi connectivity index (χ0) is 12.0. The molecule has 0 aliphatic carbocycles. The van der Waals surface area contributed by atoms with Gasteiger partial charge in [-0.2, -0.15) is 0 Å². The minimum atomic E-state index is -1.12. The van der Waals surface area contributed by atoms with Gasteiger partial charge in [-0.25, -0.2) is 4.79 Å². The fourth-order valence-electron chi connectivity index (χ4n) is 1.17. The molecule has 1 aromatic carbocycles. The number of ether oxygens (including phenoxy) is 1. The van der Waals surface area contributed by atoms with Gasteiger partial charge in [-0.1, -0.05) is 18.2 Å². The topological polar surface area (TPSA) is 75.6 Å². The second kappa shape index (κ2) is 5.87. The highest BCUT2D eigenvalue weighted by atomic mass is 16.5. The monoisotopic (exact) mass is 223 g/mol. The molecule has 1 aromatic rings. The number of hydrogen-bond donors (Lipinski definition) is 2. The third kappa shape index (κ3) is 3.36. The second-order valence-corrected chi connectivity index (χ2v) is 3.19. The summed E-state index contributed by atoms with van der Waals surface area (Å²) in [5.74, 6) is -1.55. The highest BCUT2D eigenvalue weighted by Crippen LogP contribution is 1.99. The van der Waals surface area contributed by atoms with Crippen LogP contribution in [-0.4, -0.2) is 36.7 Å². The molecule has 5 heteroatoms. The van der Waals surface area contributed by atoms with Gasteiger partial charge < -0.3 is 15.2 Å². The molecule has 1 rings (SSSR count). The lowest BCUT2D eigenvalue weighted by molar-refractivity contribution is -0.140. The first-order chi connectivity index (χ1) is 7.65. The number of carboxylic acid groups (broad SMARTS) is 1. The molecule has 5 nitrogen and oxygen atoms in total. The van der Waals surface area contributed by atoms with E-state index in [1.165, 1.54) is 7.11 Å². The Kier molecular flexibility index (Phi) is 4.47. The van der Waals surface area contributed by atoms with Gasteiger partial charge in [0.05, 0.1) is 6.61 Å². The number of aliphatic carboxylic acids is 1. The van der Waals surface area contributed by atoms with Gasteiger partial charge in [0.1, 0.15) is 0 Å². The van der Waals surface area contributed by atoms with E-state index >= 15 is 0 Å². The smallest absolute Gasteiger partial charge is 0.328 e. The van der Waals surface area contributed by atoms with Crippen LogP contribution in [0.1, 0.15) is 10.4 Å². The SMILES string of the molecule is COC[C@H](NC(=O)c1ccccc1)C(=O)O. The molecule has 0 saturated heterocycles. The summed E-state index contributed by atoms with van der Waals surface area (Å²) >= 11 is 0. The Morgan fingerprint density at radius 1 is 1.38 bits per heavy atom. The number of nitrogens with one attached hydrogen (secondary N) is 1. The summed E-state index contributed by atoms with van der Waals surface area (Å²) in [7, 11) is 1.38. The molecule has 86 valence electrons. The first kappa shape index (κ1) is 12.2. The molecule has 1 atom stereocenters. The van der Waals surface area contributed by atoms with Gasteiger partial charge in [0.15, 0.2) is 6.04 Å². The Morgan fingerprint density at radius 2 is 2.00 bits per heavy atom. The van der Waals surface area contributed by atoms with E-state index in [1.54, 1.807) is 30.3 Å². The number of carboxylic acids is 1. The molecule has 0 spiro atoms. The van der Waals surface area contributed by atoms with Crippen molar-refractivity contribution in [2.75, 3.05) is 13.7 Å². The van der Waals surface area contributed by atoms with Gasteiger partial charge in [0.25, 0.3) is 5.91 Å². The van der Waals surface area contributed by atoms with Gasteiger partial charge in [0.2, 0.25) is 0 Å². The molecule has 0 aliphatic rings. The summed E-state index contributed by atoms with van der Waals surface area (Å²) < 4.78 is 4.71. The Morgan fingerprint density at radius 3 is 2.50 bits per heavy atom. The molecule has 0 aliphatic heterocycles. The molecule has 0 radical (unpaired) electrons. The number of hydrogen-bond acceptors (Lipinski definition) is 3. The fraction of sp³-hybridized carbons (Fsp3) is 0.273. The molecule has 0 bridgehead atoms. The minimum absolute atomic E-state index is 0.0616. The van der Waals surface area contributed by atoms with Crippen LogP contribution in [0, 0.1) is 0 Å². The molecule has 1 amide bonds. The summed E-state index contributed by atoms with van der Waals surface area (Å²) in [6.45, 7) is -0.0616. The van der Waals surface area contributed by atoms with Crippen molar-refractivity contribution in [1.29, 1.82) is 0 Å². The minimum Gasteiger partial charge on any atom is -0.480 e. The number of carbonyl (C=O) groups excluding carboxylic acids is 1. The van der Waals surface area contributed by atoms with Crippen LogP contribution in [0.2, 0.25) is 0 Å². The van der Waals surface area contributed by atoms with Crippen molar-refractivity contribution in [2.24, 2.45) is 0 Å². The quantitative estimate of drug-likeness (QED) is 0.762. The second-order valence-electron chi connectivity index (χ2n) is 3.19. The molecule has 0 saturated carbocycles. The molecular weight excluding hydrogens is 210 g/mol. The van der Waals surface area contributed by atoms with Crippen molar-refractivity contribution >= 4 is 11.9 Å². The summed E-state index contributed by atoms with van der Waals surface area (Å²) in [6.07, 6.45) is 0. The standard InChI is InChI=1S/C11H13NO4/c1-16-7-9(11(14)15)12-10(13)8-5-3-2-4-6-8/h2-6,9H,7H2,1H3,(H,12,13)(H,14,15)/t9-/m0/s1. The number of benzene rings is 1. The van der Waals surface area contributed by atoms with Gasteiger partial charge in [-0.15, -0.1) is 0 Å². The molecule has 0 heterocycles. The molecule has 16 heavy (non-hydrogen) atoms.